The molecule has 1 rings (SSSR count). The van der Waals surface area contributed by atoms with Gasteiger partial charge >= 0.3 is 0 Å². The molecule has 2 unspecified atom stereocenters. The molecule has 0 radical (unpaired) electrons. The maximum Gasteiger partial charge on any atom is 0.238 e. The van der Waals surface area contributed by atoms with Gasteiger partial charge in [-0.05, 0) is 30.0 Å². The highest BCUT2D eigenvalue weighted by Gasteiger charge is 2.32. The molecule has 0 saturated heterocycles. The van der Waals surface area contributed by atoms with E-state index in [9.17, 15) is 4.79 Å². The summed E-state index contributed by atoms with van der Waals surface area (Å²) >= 11 is 12.0. The fraction of sp³-hybridized carbons (Fsp3) is 0.500. The number of nitrogens with zero attached hydrogens (tertiary/aromatic N) is 1. The summed E-state index contributed by atoms with van der Waals surface area (Å²) in [5, 5.41) is 13.0. The lowest BCUT2D eigenvalue weighted by Gasteiger charge is -2.25. The van der Waals surface area contributed by atoms with E-state index in [1.807, 2.05) is 27.7 Å². The molecule has 21 heavy (non-hydrogen) atoms. The first kappa shape index (κ1) is 19.8. The highest BCUT2D eigenvalue weighted by molar-refractivity contribution is 6.35. The molecule has 0 aliphatic heterocycles. The average Bonchev–Trinajstić information content (AvgIpc) is 2.27. The Morgan fingerprint density at radius 3 is 2.33 bits per heavy atom. The maximum atomic E-state index is 12.2. The zero-order valence-electron chi connectivity index (χ0n) is 12.0. The van der Waals surface area contributed by atoms with E-state index in [2.05, 4.69) is 11.4 Å². The van der Waals surface area contributed by atoms with Crippen LogP contribution in [0.2, 0.25) is 10.0 Å². The fourth-order valence-corrected chi connectivity index (χ4v) is 2.44. The predicted molar refractivity (Wildman–Crippen MR) is 88.3 cm³/mol. The number of rotatable bonds is 3. The Hall–Kier alpha value is -1.24. The standard InChI is InChI=1S/C15H18Cl2N2O.CH4/c1-9(11-6-5-10(16)7-13(11)17)19-14(20)12(8-18)15(2,3)4;/h5-7,9,12H,1-4H3,(H,19,20);1H4. The molecule has 0 bridgehead atoms. The van der Waals surface area contributed by atoms with Crippen LogP contribution >= 0.6 is 23.2 Å². The Morgan fingerprint density at radius 2 is 1.90 bits per heavy atom. The Bertz CT molecular complexity index is 544. The molecule has 116 valence electrons. The molecule has 0 aliphatic carbocycles. The van der Waals surface area contributed by atoms with Gasteiger partial charge in [0, 0.05) is 10.0 Å². The predicted octanol–water partition coefficient (Wildman–Crippen LogP) is 4.99. The fourth-order valence-electron chi connectivity index (χ4n) is 1.87. The Kier molecular flexibility index (Phi) is 7.23. The van der Waals surface area contributed by atoms with Gasteiger partial charge in [-0.1, -0.05) is 57.5 Å². The molecule has 3 nitrogen and oxygen atoms in total. The number of halogens is 2. The number of benzene rings is 1. The van der Waals surface area contributed by atoms with Gasteiger partial charge in [0.25, 0.3) is 0 Å². The second-order valence-corrected chi connectivity index (χ2v) is 6.67. The molecule has 2 atom stereocenters. The Morgan fingerprint density at radius 1 is 1.33 bits per heavy atom. The van der Waals surface area contributed by atoms with Crippen molar-refractivity contribution in [3.05, 3.63) is 33.8 Å². The normalized spacial score (nSPS) is 13.6. The van der Waals surface area contributed by atoms with Crippen LogP contribution in [0, 0.1) is 22.7 Å². The van der Waals surface area contributed by atoms with Gasteiger partial charge in [0.1, 0.15) is 5.92 Å². The number of carbonyl (C=O) groups excluding carboxylic acids is 1. The molecule has 0 aliphatic rings. The summed E-state index contributed by atoms with van der Waals surface area (Å²) in [5.41, 5.74) is 0.359. The van der Waals surface area contributed by atoms with Crippen molar-refractivity contribution in [2.75, 3.05) is 0 Å². The molecular weight excluding hydrogens is 307 g/mol. The Labute approximate surface area is 137 Å². The molecule has 0 fully saturated rings. The molecule has 5 heteroatoms. The van der Waals surface area contributed by atoms with E-state index in [4.69, 9.17) is 28.5 Å². The van der Waals surface area contributed by atoms with E-state index in [1.165, 1.54) is 0 Å². The van der Waals surface area contributed by atoms with Crippen molar-refractivity contribution in [1.82, 2.24) is 5.32 Å². The van der Waals surface area contributed by atoms with Crippen LogP contribution in [0.25, 0.3) is 0 Å². The minimum absolute atomic E-state index is 0. The zero-order chi connectivity index (χ0) is 15.5. The van der Waals surface area contributed by atoms with Crippen molar-refractivity contribution in [3.8, 4) is 6.07 Å². The summed E-state index contributed by atoms with van der Waals surface area (Å²) in [6.45, 7) is 7.41. The molecule has 1 aromatic carbocycles. The van der Waals surface area contributed by atoms with E-state index in [0.29, 0.717) is 10.0 Å². The van der Waals surface area contributed by atoms with Crippen molar-refractivity contribution in [2.45, 2.75) is 41.2 Å². The SMILES string of the molecule is C.CC(NC(=O)C(C#N)C(C)(C)C)c1ccc(Cl)cc1Cl. The van der Waals surface area contributed by atoms with Crippen LogP contribution in [0.5, 0.6) is 0 Å². The van der Waals surface area contributed by atoms with Crippen LogP contribution in [0.4, 0.5) is 0 Å². The Balaban J connectivity index is 0.00000400. The topological polar surface area (TPSA) is 52.9 Å². The van der Waals surface area contributed by atoms with Gasteiger partial charge in [0.05, 0.1) is 12.1 Å². The molecule has 1 N–H and O–H groups in total. The second kappa shape index (κ2) is 7.68. The molecule has 0 spiro atoms. The number of carbonyl (C=O) groups is 1. The highest BCUT2D eigenvalue weighted by Crippen LogP contribution is 2.29. The summed E-state index contributed by atoms with van der Waals surface area (Å²) in [6.07, 6.45) is 0. The van der Waals surface area contributed by atoms with E-state index >= 15 is 0 Å². The van der Waals surface area contributed by atoms with Crippen LogP contribution in [-0.4, -0.2) is 5.91 Å². The lowest BCUT2D eigenvalue weighted by molar-refractivity contribution is -0.126. The van der Waals surface area contributed by atoms with Gasteiger partial charge < -0.3 is 5.32 Å². The first-order valence-electron chi connectivity index (χ1n) is 6.31. The van der Waals surface area contributed by atoms with Crippen molar-refractivity contribution < 1.29 is 4.79 Å². The second-order valence-electron chi connectivity index (χ2n) is 5.82. The summed E-state index contributed by atoms with van der Waals surface area (Å²) in [5.74, 6) is -1.01. The minimum Gasteiger partial charge on any atom is -0.348 e. The molecule has 0 saturated carbocycles. The van der Waals surface area contributed by atoms with Crippen molar-refractivity contribution in [1.29, 1.82) is 5.26 Å². The monoisotopic (exact) mass is 328 g/mol. The molecule has 0 heterocycles. The number of hydrogen-bond acceptors (Lipinski definition) is 2. The van der Waals surface area contributed by atoms with E-state index in [1.54, 1.807) is 18.2 Å². The van der Waals surface area contributed by atoms with Crippen molar-refractivity contribution >= 4 is 29.1 Å². The molecule has 0 aromatic heterocycles. The van der Waals surface area contributed by atoms with Gasteiger partial charge in [0.15, 0.2) is 0 Å². The largest absolute Gasteiger partial charge is 0.348 e. The van der Waals surface area contributed by atoms with Gasteiger partial charge in [-0.3, -0.25) is 4.79 Å². The van der Waals surface area contributed by atoms with Gasteiger partial charge in [-0.2, -0.15) is 5.26 Å². The number of hydrogen-bond donors (Lipinski definition) is 1. The van der Waals surface area contributed by atoms with E-state index in [-0.39, 0.29) is 19.4 Å². The smallest absolute Gasteiger partial charge is 0.238 e. The van der Waals surface area contributed by atoms with Crippen LogP contribution < -0.4 is 5.32 Å². The van der Waals surface area contributed by atoms with Crippen molar-refractivity contribution in [3.63, 3.8) is 0 Å². The van der Waals surface area contributed by atoms with E-state index in [0.717, 1.165) is 5.56 Å². The van der Waals surface area contributed by atoms with Crippen LogP contribution in [0.1, 0.15) is 46.7 Å². The zero-order valence-corrected chi connectivity index (χ0v) is 13.5. The number of amides is 1. The third kappa shape index (κ3) is 5.22. The van der Waals surface area contributed by atoms with Crippen LogP contribution in [0.15, 0.2) is 18.2 Å². The third-order valence-electron chi connectivity index (χ3n) is 3.05. The summed E-state index contributed by atoms with van der Waals surface area (Å²) < 4.78 is 0. The average molecular weight is 329 g/mol. The number of nitriles is 1. The summed E-state index contributed by atoms with van der Waals surface area (Å²) in [7, 11) is 0. The number of nitrogens with one attached hydrogen (secondary N) is 1. The van der Waals surface area contributed by atoms with Crippen LogP contribution in [-0.2, 0) is 4.79 Å². The van der Waals surface area contributed by atoms with Crippen molar-refractivity contribution in [2.24, 2.45) is 11.3 Å². The molecule has 1 amide bonds. The van der Waals surface area contributed by atoms with Gasteiger partial charge in [0.2, 0.25) is 5.91 Å². The maximum absolute atomic E-state index is 12.2. The summed E-state index contributed by atoms with van der Waals surface area (Å²) in [6, 6.07) is 6.89. The molecule has 1 aromatic rings. The lowest BCUT2D eigenvalue weighted by atomic mass is 9.81. The van der Waals surface area contributed by atoms with Gasteiger partial charge in [-0.25, -0.2) is 0 Å². The van der Waals surface area contributed by atoms with Crippen LogP contribution in [0.3, 0.4) is 0 Å². The van der Waals surface area contributed by atoms with Gasteiger partial charge in [-0.15, -0.1) is 0 Å². The first-order chi connectivity index (χ1) is 9.16. The third-order valence-corrected chi connectivity index (χ3v) is 3.61. The quantitative estimate of drug-likeness (QED) is 0.849. The first-order valence-corrected chi connectivity index (χ1v) is 7.07. The summed E-state index contributed by atoms with van der Waals surface area (Å²) in [4.78, 5) is 12.2. The highest BCUT2D eigenvalue weighted by atomic mass is 35.5. The van der Waals surface area contributed by atoms with E-state index < -0.39 is 11.3 Å². The minimum atomic E-state index is -0.712. The molecular formula is C16H22Cl2N2O. The lowest BCUT2D eigenvalue weighted by Crippen LogP contribution is -2.38.